The summed E-state index contributed by atoms with van der Waals surface area (Å²) in [7, 11) is -3.42. The van der Waals surface area contributed by atoms with Crippen LogP contribution in [0.4, 0.5) is 5.69 Å². The van der Waals surface area contributed by atoms with Crippen molar-refractivity contribution in [3.63, 3.8) is 0 Å². The second kappa shape index (κ2) is 5.51. The first-order valence-electron chi connectivity index (χ1n) is 5.72. The molecule has 0 spiro atoms. The van der Waals surface area contributed by atoms with E-state index in [9.17, 15) is 8.42 Å². The number of hydrogen-bond acceptors (Lipinski definition) is 3. The third kappa shape index (κ3) is 3.71. The summed E-state index contributed by atoms with van der Waals surface area (Å²) < 4.78 is 26.7. The lowest BCUT2D eigenvalue weighted by molar-refractivity contribution is 0.528. The van der Waals surface area contributed by atoms with Crippen molar-refractivity contribution in [3.8, 4) is 0 Å². The van der Waals surface area contributed by atoms with Gasteiger partial charge in [-0.05, 0) is 36.6 Å². The van der Waals surface area contributed by atoms with Gasteiger partial charge in [0.25, 0.3) is 0 Å². The smallest absolute Gasteiger partial charge is 0.240 e. The summed E-state index contributed by atoms with van der Waals surface area (Å²) >= 11 is 0. The van der Waals surface area contributed by atoms with Gasteiger partial charge in [0, 0.05) is 12.2 Å². The molecule has 0 fully saturated rings. The van der Waals surface area contributed by atoms with Crippen LogP contribution >= 0.6 is 0 Å². The minimum Gasteiger partial charge on any atom is -0.399 e. The standard InChI is InChI=1S/C12H20N2O2S/c1-4-9(2)8-14-17(15,16)12-6-5-11(13)7-10(12)3/h5-7,9,14H,4,8,13H2,1-3H3. The molecule has 0 saturated heterocycles. The second-order valence-electron chi connectivity index (χ2n) is 4.39. The van der Waals surface area contributed by atoms with E-state index in [0.717, 1.165) is 6.42 Å². The highest BCUT2D eigenvalue weighted by Gasteiger charge is 2.17. The molecule has 1 rings (SSSR count). The van der Waals surface area contributed by atoms with E-state index in [1.165, 1.54) is 0 Å². The number of nitrogens with two attached hydrogens (primary N) is 1. The van der Waals surface area contributed by atoms with E-state index in [0.29, 0.717) is 28.6 Å². The van der Waals surface area contributed by atoms with Crippen LogP contribution in [0.5, 0.6) is 0 Å². The Hall–Kier alpha value is -1.07. The number of benzene rings is 1. The van der Waals surface area contributed by atoms with Gasteiger partial charge in [-0.2, -0.15) is 0 Å². The predicted octanol–water partition coefficient (Wildman–Crippen LogP) is 1.90. The maximum Gasteiger partial charge on any atom is 0.240 e. The quantitative estimate of drug-likeness (QED) is 0.790. The maximum absolute atomic E-state index is 12.0. The summed E-state index contributed by atoms with van der Waals surface area (Å²) in [6.07, 6.45) is 0.948. The maximum atomic E-state index is 12.0. The Bertz CT molecular complexity index is 483. The van der Waals surface area contributed by atoms with Gasteiger partial charge in [0.15, 0.2) is 0 Å². The molecule has 3 N–H and O–H groups in total. The Labute approximate surface area is 103 Å². The molecular formula is C12H20N2O2S. The average molecular weight is 256 g/mol. The topological polar surface area (TPSA) is 72.2 Å². The van der Waals surface area contributed by atoms with Gasteiger partial charge in [-0.3, -0.25) is 0 Å². The third-order valence-electron chi connectivity index (χ3n) is 2.81. The van der Waals surface area contributed by atoms with E-state index >= 15 is 0 Å². The van der Waals surface area contributed by atoms with Gasteiger partial charge in [0.2, 0.25) is 10.0 Å². The summed E-state index contributed by atoms with van der Waals surface area (Å²) in [4.78, 5) is 0.301. The van der Waals surface area contributed by atoms with E-state index in [2.05, 4.69) is 4.72 Å². The van der Waals surface area contributed by atoms with Crippen LogP contribution in [0.25, 0.3) is 0 Å². The van der Waals surface area contributed by atoms with Crippen molar-refractivity contribution < 1.29 is 8.42 Å². The van der Waals surface area contributed by atoms with Crippen LogP contribution in [0.2, 0.25) is 0 Å². The fourth-order valence-corrected chi connectivity index (χ4v) is 2.84. The Morgan fingerprint density at radius 1 is 1.41 bits per heavy atom. The summed E-state index contributed by atoms with van der Waals surface area (Å²) in [6.45, 7) is 6.25. The first-order chi connectivity index (χ1) is 7.86. The lowest BCUT2D eigenvalue weighted by Crippen LogP contribution is -2.28. The molecular weight excluding hydrogens is 236 g/mol. The number of nitrogen functional groups attached to an aromatic ring is 1. The van der Waals surface area contributed by atoms with Gasteiger partial charge in [0.05, 0.1) is 4.90 Å². The Morgan fingerprint density at radius 3 is 2.59 bits per heavy atom. The van der Waals surface area contributed by atoms with Crippen molar-refractivity contribution in [1.29, 1.82) is 0 Å². The van der Waals surface area contributed by atoms with E-state index in [-0.39, 0.29) is 0 Å². The summed E-state index contributed by atoms with van der Waals surface area (Å²) in [5.74, 6) is 0.332. The van der Waals surface area contributed by atoms with Crippen LogP contribution in [0.3, 0.4) is 0 Å². The van der Waals surface area contributed by atoms with Crippen LogP contribution < -0.4 is 10.5 Å². The van der Waals surface area contributed by atoms with Gasteiger partial charge in [-0.25, -0.2) is 13.1 Å². The zero-order valence-electron chi connectivity index (χ0n) is 10.5. The molecule has 0 aliphatic carbocycles. The van der Waals surface area contributed by atoms with Crippen molar-refractivity contribution in [2.24, 2.45) is 5.92 Å². The molecule has 0 saturated carbocycles. The van der Waals surface area contributed by atoms with Crippen LogP contribution in [0.15, 0.2) is 23.1 Å². The van der Waals surface area contributed by atoms with Gasteiger partial charge in [-0.15, -0.1) is 0 Å². The lowest BCUT2D eigenvalue weighted by Gasteiger charge is -2.12. The molecule has 0 radical (unpaired) electrons. The van der Waals surface area contributed by atoms with Gasteiger partial charge >= 0.3 is 0 Å². The highest BCUT2D eigenvalue weighted by Crippen LogP contribution is 2.17. The predicted molar refractivity (Wildman–Crippen MR) is 70.2 cm³/mol. The molecule has 0 aliphatic heterocycles. The highest BCUT2D eigenvalue weighted by atomic mass is 32.2. The fraction of sp³-hybridized carbons (Fsp3) is 0.500. The van der Waals surface area contributed by atoms with E-state index < -0.39 is 10.0 Å². The highest BCUT2D eigenvalue weighted by molar-refractivity contribution is 7.89. The number of hydrogen-bond donors (Lipinski definition) is 2. The molecule has 96 valence electrons. The van der Waals surface area contributed by atoms with E-state index in [1.807, 2.05) is 13.8 Å². The molecule has 0 heterocycles. The van der Waals surface area contributed by atoms with Gasteiger partial charge in [0.1, 0.15) is 0 Å². The average Bonchev–Trinajstić information content (AvgIpc) is 2.25. The second-order valence-corrected chi connectivity index (χ2v) is 6.13. The van der Waals surface area contributed by atoms with Gasteiger partial charge in [-0.1, -0.05) is 20.3 Å². The molecule has 1 aromatic carbocycles. The number of anilines is 1. The van der Waals surface area contributed by atoms with Crippen LogP contribution in [0.1, 0.15) is 25.8 Å². The molecule has 1 aromatic rings. The lowest BCUT2D eigenvalue weighted by atomic mass is 10.1. The zero-order valence-corrected chi connectivity index (χ0v) is 11.3. The van der Waals surface area contributed by atoms with Crippen LogP contribution in [0, 0.1) is 12.8 Å². The monoisotopic (exact) mass is 256 g/mol. The van der Waals surface area contributed by atoms with E-state index in [1.54, 1.807) is 25.1 Å². The van der Waals surface area contributed by atoms with Crippen molar-refractivity contribution in [3.05, 3.63) is 23.8 Å². The number of aryl methyl sites for hydroxylation is 1. The van der Waals surface area contributed by atoms with Crippen molar-refractivity contribution in [2.45, 2.75) is 32.1 Å². The molecule has 0 aromatic heterocycles. The summed E-state index contributed by atoms with van der Waals surface area (Å²) in [6, 6.07) is 4.81. The fourth-order valence-electron chi connectivity index (χ4n) is 1.45. The first-order valence-corrected chi connectivity index (χ1v) is 7.21. The molecule has 0 aliphatic rings. The van der Waals surface area contributed by atoms with Crippen molar-refractivity contribution in [1.82, 2.24) is 4.72 Å². The van der Waals surface area contributed by atoms with Gasteiger partial charge < -0.3 is 5.73 Å². The molecule has 0 amide bonds. The number of nitrogens with one attached hydrogen (secondary N) is 1. The Balaban J connectivity index is 2.90. The Morgan fingerprint density at radius 2 is 2.06 bits per heavy atom. The molecule has 17 heavy (non-hydrogen) atoms. The molecule has 5 heteroatoms. The SMILES string of the molecule is CCC(C)CNS(=O)(=O)c1ccc(N)cc1C. The molecule has 1 unspecified atom stereocenters. The van der Waals surface area contributed by atoms with E-state index in [4.69, 9.17) is 5.73 Å². The molecule has 4 nitrogen and oxygen atoms in total. The number of rotatable bonds is 5. The molecule has 0 bridgehead atoms. The molecule has 1 atom stereocenters. The zero-order chi connectivity index (χ0) is 13.1. The minimum atomic E-state index is -3.42. The largest absolute Gasteiger partial charge is 0.399 e. The number of sulfonamides is 1. The van der Waals surface area contributed by atoms with Crippen LogP contribution in [-0.2, 0) is 10.0 Å². The Kier molecular flexibility index (Phi) is 4.54. The van der Waals surface area contributed by atoms with Crippen molar-refractivity contribution >= 4 is 15.7 Å². The van der Waals surface area contributed by atoms with Crippen molar-refractivity contribution in [2.75, 3.05) is 12.3 Å². The van der Waals surface area contributed by atoms with Crippen LogP contribution in [-0.4, -0.2) is 15.0 Å². The normalized spacial score (nSPS) is 13.6. The minimum absolute atomic E-state index is 0.301. The summed E-state index contributed by atoms with van der Waals surface area (Å²) in [5, 5.41) is 0. The third-order valence-corrected chi connectivity index (χ3v) is 4.39. The summed E-state index contributed by atoms with van der Waals surface area (Å²) in [5.41, 5.74) is 6.84. The first kappa shape index (κ1) is 14.0.